The van der Waals surface area contributed by atoms with Gasteiger partial charge >= 0.3 is 0 Å². The number of hydrogen-bond acceptors (Lipinski definition) is 5. The van der Waals surface area contributed by atoms with Crippen LogP contribution in [0.5, 0.6) is 0 Å². The van der Waals surface area contributed by atoms with Gasteiger partial charge in [-0.05, 0) is 12.6 Å². The van der Waals surface area contributed by atoms with Gasteiger partial charge in [-0.25, -0.2) is 0 Å². The van der Waals surface area contributed by atoms with Crippen molar-refractivity contribution in [3.63, 3.8) is 0 Å². The monoisotopic (exact) mass is 261 g/mol. The molecular weight excluding hydrogens is 242 g/mol. The maximum Gasteiger partial charge on any atom is 0.231 e. The SMILES string of the molecule is CNC(c1ccccc1)C(C)c1nc(COC)no1. The van der Waals surface area contributed by atoms with E-state index < -0.39 is 0 Å². The van der Waals surface area contributed by atoms with Crippen LogP contribution < -0.4 is 5.32 Å². The molecule has 0 aliphatic carbocycles. The quantitative estimate of drug-likeness (QED) is 0.864. The highest BCUT2D eigenvalue weighted by Gasteiger charge is 2.24. The van der Waals surface area contributed by atoms with Gasteiger partial charge in [-0.2, -0.15) is 4.98 Å². The highest BCUT2D eigenvalue weighted by atomic mass is 16.5. The van der Waals surface area contributed by atoms with Crippen LogP contribution in [0.15, 0.2) is 34.9 Å². The van der Waals surface area contributed by atoms with Crippen LogP contribution in [0.2, 0.25) is 0 Å². The van der Waals surface area contributed by atoms with Gasteiger partial charge in [-0.15, -0.1) is 0 Å². The highest BCUT2D eigenvalue weighted by Crippen LogP contribution is 2.29. The number of ether oxygens (including phenoxy) is 1. The van der Waals surface area contributed by atoms with Gasteiger partial charge in [0.15, 0.2) is 5.82 Å². The molecule has 0 saturated carbocycles. The zero-order valence-corrected chi connectivity index (χ0v) is 11.5. The molecule has 0 radical (unpaired) electrons. The van der Waals surface area contributed by atoms with Crippen molar-refractivity contribution in [3.05, 3.63) is 47.6 Å². The Bertz CT molecular complexity index is 498. The van der Waals surface area contributed by atoms with Gasteiger partial charge in [-0.3, -0.25) is 0 Å². The smallest absolute Gasteiger partial charge is 0.231 e. The second-order valence-electron chi connectivity index (χ2n) is 4.45. The van der Waals surface area contributed by atoms with Gasteiger partial charge in [0.25, 0.3) is 0 Å². The Labute approximate surface area is 113 Å². The first kappa shape index (κ1) is 13.7. The molecule has 5 nitrogen and oxygen atoms in total. The molecule has 102 valence electrons. The molecule has 5 heteroatoms. The summed E-state index contributed by atoms with van der Waals surface area (Å²) in [4.78, 5) is 4.35. The van der Waals surface area contributed by atoms with Gasteiger partial charge in [0, 0.05) is 13.2 Å². The van der Waals surface area contributed by atoms with Crippen LogP contribution in [-0.4, -0.2) is 24.3 Å². The normalized spacial score (nSPS) is 14.3. The Balaban J connectivity index is 2.18. The number of aromatic nitrogens is 2. The second kappa shape index (κ2) is 6.45. The molecular formula is C14H19N3O2. The molecule has 0 bridgehead atoms. The third-order valence-corrected chi connectivity index (χ3v) is 3.12. The molecule has 2 atom stereocenters. The van der Waals surface area contributed by atoms with Crippen molar-refractivity contribution >= 4 is 0 Å². The van der Waals surface area contributed by atoms with Crippen molar-refractivity contribution in [2.24, 2.45) is 0 Å². The molecule has 2 rings (SSSR count). The number of nitrogens with zero attached hydrogens (tertiary/aromatic N) is 2. The summed E-state index contributed by atoms with van der Waals surface area (Å²) in [7, 11) is 3.54. The third kappa shape index (κ3) is 3.19. The van der Waals surface area contributed by atoms with E-state index in [2.05, 4.69) is 34.5 Å². The Morgan fingerprint density at radius 3 is 2.68 bits per heavy atom. The third-order valence-electron chi connectivity index (χ3n) is 3.12. The van der Waals surface area contributed by atoms with E-state index in [1.54, 1.807) is 7.11 Å². The minimum absolute atomic E-state index is 0.0884. The van der Waals surface area contributed by atoms with E-state index in [4.69, 9.17) is 9.26 Å². The Morgan fingerprint density at radius 2 is 2.05 bits per heavy atom. The Hall–Kier alpha value is -1.72. The molecule has 0 saturated heterocycles. The van der Waals surface area contributed by atoms with Crippen LogP contribution in [0.25, 0.3) is 0 Å². The van der Waals surface area contributed by atoms with Crippen molar-refractivity contribution in [1.29, 1.82) is 0 Å². The average molecular weight is 261 g/mol. The molecule has 19 heavy (non-hydrogen) atoms. The standard InChI is InChI=1S/C14H19N3O2/c1-10(14-16-12(9-18-3)17-19-14)13(15-2)11-7-5-4-6-8-11/h4-8,10,13,15H,9H2,1-3H3. The predicted octanol–water partition coefficient (Wildman–Crippen LogP) is 2.28. The summed E-state index contributed by atoms with van der Waals surface area (Å²) in [5.41, 5.74) is 1.20. The predicted molar refractivity (Wildman–Crippen MR) is 71.7 cm³/mol. The fraction of sp³-hybridized carbons (Fsp3) is 0.429. The fourth-order valence-electron chi connectivity index (χ4n) is 2.15. The lowest BCUT2D eigenvalue weighted by atomic mass is 9.94. The number of hydrogen-bond donors (Lipinski definition) is 1. The van der Waals surface area contributed by atoms with Gasteiger partial charge < -0.3 is 14.6 Å². The number of benzene rings is 1. The minimum Gasteiger partial charge on any atom is -0.377 e. The molecule has 1 heterocycles. The van der Waals surface area contributed by atoms with Crippen molar-refractivity contribution in [2.45, 2.75) is 25.5 Å². The van der Waals surface area contributed by atoms with Crippen LogP contribution >= 0.6 is 0 Å². The van der Waals surface area contributed by atoms with E-state index in [-0.39, 0.29) is 12.0 Å². The number of methoxy groups -OCH3 is 1. The van der Waals surface area contributed by atoms with Crippen molar-refractivity contribution in [2.75, 3.05) is 14.2 Å². The average Bonchev–Trinajstić information content (AvgIpc) is 2.90. The van der Waals surface area contributed by atoms with Crippen molar-refractivity contribution < 1.29 is 9.26 Å². The lowest BCUT2D eigenvalue weighted by Crippen LogP contribution is -2.22. The summed E-state index contributed by atoms with van der Waals surface area (Å²) in [6, 6.07) is 10.4. The summed E-state index contributed by atoms with van der Waals surface area (Å²) in [6.45, 7) is 2.43. The molecule has 0 aliphatic heterocycles. The topological polar surface area (TPSA) is 60.2 Å². The summed E-state index contributed by atoms with van der Waals surface area (Å²) in [6.07, 6.45) is 0. The van der Waals surface area contributed by atoms with Crippen LogP contribution in [0, 0.1) is 0 Å². The van der Waals surface area contributed by atoms with Crippen molar-refractivity contribution in [1.82, 2.24) is 15.5 Å². The first-order chi connectivity index (χ1) is 9.26. The molecule has 0 spiro atoms. The van der Waals surface area contributed by atoms with E-state index in [0.29, 0.717) is 18.3 Å². The molecule has 2 aromatic rings. The van der Waals surface area contributed by atoms with E-state index in [0.717, 1.165) is 0 Å². The van der Waals surface area contributed by atoms with Crippen molar-refractivity contribution in [3.8, 4) is 0 Å². The van der Waals surface area contributed by atoms with E-state index in [1.807, 2.05) is 25.2 Å². The van der Waals surface area contributed by atoms with Gasteiger partial charge in [-0.1, -0.05) is 42.4 Å². The minimum atomic E-state index is 0.0884. The number of rotatable bonds is 6. The van der Waals surface area contributed by atoms with Gasteiger partial charge in [0.2, 0.25) is 5.89 Å². The fourth-order valence-corrected chi connectivity index (χ4v) is 2.15. The lowest BCUT2D eigenvalue weighted by molar-refractivity contribution is 0.174. The van der Waals surface area contributed by atoms with Crippen LogP contribution in [0.1, 0.15) is 36.2 Å². The van der Waals surface area contributed by atoms with Gasteiger partial charge in [0.1, 0.15) is 6.61 Å². The van der Waals surface area contributed by atoms with Gasteiger partial charge in [0.05, 0.1) is 5.92 Å². The second-order valence-corrected chi connectivity index (χ2v) is 4.45. The van der Waals surface area contributed by atoms with E-state index >= 15 is 0 Å². The first-order valence-corrected chi connectivity index (χ1v) is 6.30. The Morgan fingerprint density at radius 1 is 1.32 bits per heavy atom. The molecule has 2 unspecified atom stereocenters. The zero-order valence-electron chi connectivity index (χ0n) is 11.5. The largest absolute Gasteiger partial charge is 0.377 e. The maximum atomic E-state index is 5.30. The molecule has 1 aromatic heterocycles. The summed E-state index contributed by atoms with van der Waals surface area (Å²) < 4.78 is 10.3. The lowest BCUT2D eigenvalue weighted by Gasteiger charge is -2.21. The maximum absolute atomic E-state index is 5.30. The summed E-state index contributed by atoms with van der Waals surface area (Å²) in [5.74, 6) is 1.29. The summed E-state index contributed by atoms with van der Waals surface area (Å²) in [5, 5.41) is 7.20. The van der Waals surface area contributed by atoms with Crippen LogP contribution in [0.4, 0.5) is 0 Å². The Kier molecular flexibility index (Phi) is 4.65. The molecule has 0 aliphatic rings. The molecule has 1 N–H and O–H groups in total. The molecule has 0 amide bonds. The van der Waals surface area contributed by atoms with Crippen LogP contribution in [0.3, 0.4) is 0 Å². The van der Waals surface area contributed by atoms with E-state index in [9.17, 15) is 0 Å². The summed E-state index contributed by atoms with van der Waals surface area (Å²) >= 11 is 0. The number of likely N-dealkylation sites (N-methyl/N-ethyl adjacent to an activating group) is 1. The van der Waals surface area contributed by atoms with Crippen LogP contribution in [-0.2, 0) is 11.3 Å². The highest BCUT2D eigenvalue weighted by molar-refractivity contribution is 5.21. The number of nitrogens with one attached hydrogen (secondary N) is 1. The zero-order chi connectivity index (χ0) is 13.7. The molecule has 0 fully saturated rings. The molecule has 1 aromatic carbocycles. The first-order valence-electron chi connectivity index (χ1n) is 6.30. The van der Waals surface area contributed by atoms with E-state index in [1.165, 1.54) is 5.56 Å².